The minimum absolute atomic E-state index is 0.0118. The number of nitrogens with two attached hydrogens (primary N) is 1. The summed E-state index contributed by atoms with van der Waals surface area (Å²) in [5.41, 5.74) is 8.00. The van der Waals surface area contributed by atoms with Crippen LogP contribution in [0.2, 0.25) is 0 Å². The predicted octanol–water partition coefficient (Wildman–Crippen LogP) is 3.25. The van der Waals surface area contributed by atoms with E-state index in [0.29, 0.717) is 0 Å². The third-order valence-corrected chi connectivity index (χ3v) is 3.97. The molecule has 2 unspecified atom stereocenters. The third-order valence-electron chi connectivity index (χ3n) is 3.97. The first-order valence-corrected chi connectivity index (χ1v) is 7.76. The Morgan fingerprint density at radius 1 is 1.29 bits per heavy atom. The first-order chi connectivity index (χ1) is 9.86. The Kier molecular flexibility index (Phi) is 4.57. The summed E-state index contributed by atoms with van der Waals surface area (Å²) >= 11 is 0. The molecule has 0 aromatic heterocycles. The number of rotatable bonds is 4. The van der Waals surface area contributed by atoms with Gasteiger partial charge in [-0.2, -0.15) is 0 Å². The highest BCUT2D eigenvalue weighted by Gasteiger charge is 2.37. The van der Waals surface area contributed by atoms with Gasteiger partial charge in [0.15, 0.2) is 6.10 Å². The Bertz CT molecular complexity index is 526. The van der Waals surface area contributed by atoms with Gasteiger partial charge < -0.3 is 15.4 Å². The van der Waals surface area contributed by atoms with Crippen molar-refractivity contribution in [2.45, 2.75) is 59.2 Å². The fourth-order valence-corrected chi connectivity index (χ4v) is 2.69. The van der Waals surface area contributed by atoms with Crippen LogP contribution in [0.25, 0.3) is 0 Å². The van der Waals surface area contributed by atoms with Gasteiger partial charge in [0.1, 0.15) is 5.75 Å². The van der Waals surface area contributed by atoms with Gasteiger partial charge in [0, 0.05) is 12.1 Å². The molecule has 116 valence electrons. The number of carbonyl (C=O) groups excluding carboxylic acids is 1. The zero-order valence-corrected chi connectivity index (χ0v) is 13.6. The molecule has 0 bridgehead atoms. The minimum atomic E-state index is -0.411. The molecule has 0 aliphatic carbocycles. The van der Waals surface area contributed by atoms with Gasteiger partial charge in [-0.25, -0.2) is 0 Å². The molecule has 0 saturated heterocycles. The smallest absolute Gasteiger partial charge is 0.268 e. The highest BCUT2D eigenvalue weighted by molar-refractivity contribution is 6.00. The van der Waals surface area contributed by atoms with Crippen LogP contribution in [0, 0.1) is 5.92 Å². The second-order valence-corrected chi connectivity index (χ2v) is 6.33. The summed E-state index contributed by atoms with van der Waals surface area (Å²) in [5.74, 6) is 0.952. The molecular formula is C17H26N2O2. The van der Waals surface area contributed by atoms with E-state index < -0.39 is 6.10 Å². The van der Waals surface area contributed by atoms with Crippen molar-refractivity contribution < 1.29 is 9.53 Å². The van der Waals surface area contributed by atoms with Crippen LogP contribution in [0.3, 0.4) is 0 Å². The second kappa shape index (κ2) is 6.06. The van der Waals surface area contributed by atoms with Gasteiger partial charge in [-0.3, -0.25) is 4.79 Å². The molecule has 0 spiro atoms. The molecule has 2 atom stereocenters. The third kappa shape index (κ3) is 2.91. The van der Waals surface area contributed by atoms with Crippen LogP contribution in [-0.4, -0.2) is 18.1 Å². The van der Waals surface area contributed by atoms with Crippen LogP contribution in [0.4, 0.5) is 5.69 Å². The van der Waals surface area contributed by atoms with Gasteiger partial charge >= 0.3 is 0 Å². The van der Waals surface area contributed by atoms with Gasteiger partial charge in [0.2, 0.25) is 0 Å². The fraction of sp³-hybridized carbons (Fsp3) is 0.588. The number of hydrogen-bond donors (Lipinski definition) is 1. The zero-order chi connectivity index (χ0) is 15.7. The molecule has 0 radical (unpaired) electrons. The molecule has 1 aromatic carbocycles. The lowest BCUT2D eigenvalue weighted by atomic mass is 9.99. The Morgan fingerprint density at radius 3 is 2.48 bits per heavy atom. The van der Waals surface area contributed by atoms with Gasteiger partial charge in [0.05, 0.1) is 5.69 Å². The van der Waals surface area contributed by atoms with Crippen molar-refractivity contribution in [3.05, 3.63) is 23.8 Å². The minimum Gasteiger partial charge on any atom is -0.478 e. The molecule has 4 heteroatoms. The SMILES string of the molecule is CCC(N)c1ccc2c(c1)N(C(C)C)C(=O)C(C(C)C)O2. The lowest BCUT2D eigenvalue weighted by molar-refractivity contribution is -0.128. The summed E-state index contributed by atoms with van der Waals surface area (Å²) in [6, 6.07) is 6.02. The number of fused-ring (bicyclic) bond motifs is 1. The number of carbonyl (C=O) groups is 1. The summed E-state index contributed by atoms with van der Waals surface area (Å²) < 4.78 is 5.92. The van der Waals surface area contributed by atoms with E-state index in [0.717, 1.165) is 23.4 Å². The first kappa shape index (κ1) is 15.8. The van der Waals surface area contributed by atoms with Gasteiger partial charge in [-0.05, 0) is 43.9 Å². The lowest BCUT2D eigenvalue weighted by Crippen LogP contribution is -2.51. The Balaban J connectivity index is 2.49. The van der Waals surface area contributed by atoms with Crippen molar-refractivity contribution in [2.24, 2.45) is 11.7 Å². The van der Waals surface area contributed by atoms with Crippen molar-refractivity contribution in [3.8, 4) is 5.75 Å². The molecule has 1 aliphatic heterocycles. The maximum absolute atomic E-state index is 12.7. The largest absolute Gasteiger partial charge is 0.478 e. The van der Waals surface area contributed by atoms with Crippen LogP contribution in [0.1, 0.15) is 52.6 Å². The Labute approximate surface area is 127 Å². The molecule has 1 heterocycles. The van der Waals surface area contributed by atoms with E-state index in [1.807, 2.05) is 50.8 Å². The van der Waals surface area contributed by atoms with E-state index in [-0.39, 0.29) is 23.9 Å². The van der Waals surface area contributed by atoms with Crippen LogP contribution < -0.4 is 15.4 Å². The van der Waals surface area contributed by atoms with Crippen LogP contribution in [0.15, 0.2) is 18.2 Å². The number of nitrogens with zero attached hydrogens (tertiary/aromatic N) is 1. The van der Waals surface area contributed by atoms with E-state index in [4.69, 9.17) is 10.5 Å². The highest BCUT2D eigenvalue weighted by Crippen LogP contribution is 2.38. The van der Waals surface area contributed by atoms with Crippen molar-refractivity contribution in [1.29, 1.82) is 0 Å². The molecule has 2 rings (SSSR count). The summed E-state index contributed by atoms with van der Waals surface area (Å²) in [4.78, 5) is 14.5. The second-order valence-electron chi connectivity index (χ2n) is 6.33. The predicted molar refractivity (Wildman–Crippen MR) is 85.5 cm³/mol. The van der Waals surface area contributed by atoms with E-state index in [2.05, 4.69) is 6.92 Å². The van der Waals surface area contributed by atoms with Gasteiger partial charge in [0.25, 0.3) is 5.91 Å². The average Bonchev–Trinajstić information content (AvgIpc) is 2.44. The summed E-state index contributed by atoms with van der Waals surface area (Å²) in [5, 5.41) is 0. The van der Waals surface area contributed by atoms with Gasteiger partial charge in [-0.1, -0.05) is 26.8 Å². The lowest BCUT2D eigenvalue weighted by Gasteiger charge is -2.38. The van der Waals surface area contributed by atoms with E-state index >= 15 is 0 Å². The molecule has 4 nitrogen and oxygen atoms in total. The molecule has 1 aliphatic rings. The van der Waals surface area contributed by atoms with Crippen molar-refractivity contribution in [2.75, 3.05) is 4.90 Å². The van der Waals surface area contributed by atoms with Gasteiger partial charge in [-0.15, -0.1) is 0 Å². The molecule has 1 aromatic rings. The van der Waals surface area contributed by atoms with Crippen molar-refractivity contribution in [3.63, 3.8) is 0 Å². The van der Waals surface area contributed by atoms with Crippen LogP contribution in [-0.2, 0) is 4.79 Å². The highest BCUT2D eigenvalue weighted by atomic mass is 16.5. The maximum Gasteiger partial charge on any atom is 0.268 e. The van der Waals surface area contributed by atoms with Crippen LogP contribution in [0.5, 0.6) is 5.75 Å². The number of benzene rings is 1. The molecule has 2 N–H and O–H groups in total. The van der Waals surface area contributed by atoms with Crippen molar-refractivity contribution >= 4 is 11.6 Å². The van der Waals surface area contributed by atoms with E-state index in [1.54, 1.807) is 0 Å². The molecule has 0 fully saturated rings. The summed E-state index contributed by atoms with van der Waals surface area (Å²) in [7, 11) is 0. The van der Waals surface area contributed by atoms with E-state index in [9.17, 15) is 4.79 Å². The number of ether oxygens (including phenoxy) is 1. The van der Waals surface area contributed by atoms with E-state index in [1.165, 1.54) is 0 Å². The monoisotopic (exact) mass is 290 g/mol. The normalized spacial score (nSPS) is 19.7. The average molecular weight is 290 g/mol. The standard InChI is InChI=1S/C17H26N2O2/c1-6-13(18)12-7-8-15-14(9-12)19(11(4)5)17(20)16(21-15)10(2)3/h7-11,13,16H,6,18H2,1-5H3. The molecule has 21 heavy (non-hydrogen) atoms. The summed E-state index contributed by atoms with van der Waals surface area (Å²) in [6.07, 6.45) is 0.453. The maximum atomic E-state index is 12.7. The quantitative estimate of drug-likeness (QED) is 0.926. The Morgan fingerprint density at radius 2 is 1.95 bits per heavy atom. The summed E-state index contributed by atoms with van der Waals surface area (Å²) in [6.45, 7) is 10.1. The first-order valence-electron chi connectivity index (χ1n) is 7.76. The number of hydrogen-bond acceptors (Lipinski definition) is 3. The van der Waals surface area contributed by atoms with Crippen LogP contribution >= 0.6 is 0 Å². The fourth-order valence-electron chi connectivity index (χ4n) is 2.69. The molecular weight excluding hydrogens is 264 g/mol. The number of anilines is 1. The Hall–Kier alpha value is -1.55. The van der Waals surface area contributed by atoms with Crippen molar-refractivity contribution in [1.82, 2.24) is 0 Å². The zero-order valence-electron chi connectivity index (χ0n) is 13.6. The number of amides is 1. The molecule has 1 amide bonds. The topological polar surface area (TPSA) is 55.6 Å². The molecule has 0 saturated carbocycles.